The second-order valence-electron chi connectivity index (χ2n) is 5.09. The van der Waals surface area contributed by atoms with Gasteiger partial charge in [-0.05, 0) is 37.0 Å². The number of thiophene rings is 1. The Balaban J connectivity index is 1.64. The van der Waals surface area contributed by atoms with Crippen LogP contribution in [-0.2, 0) is 17.6 Å². The summed E-state index contributed by atoms with van der Waals surface area (Å²) in [6.07, 6.45) is 2.89. The van der Waals surface area contributed by atoms with E-state index in [0.29, 0.717) is 16.3 Å². The molecule has 2 aromatic rings. The Morgan fingerprint density at radius 3 is 3.04 bits per heavy atom. The monoisotopic (exact) mass is 350 g/mol. The van der Waals surface area contributed by atoms with Gasteiger partial charge < -0.3 is 10.1 Å². The standard InChI is InChI=1S/C16H12ClFN2O2S/c17-12-6-9(4-5-13(12)18)22-8-15(21)20-16-11(7-19)10-2-1-3-14(10)23-16/h4-6H,1-3,8H2,(H,20,21). The van der Waals surface area contributed by atoms with Crippen LogP contribution in [0.1, 0.15) is 22.4 Å². The maximum atomic E-state index is 13.1. The fourth-order valence-corrected chi connectivity index (χ4v) is 3.92. The first-order valence-electron chi connectivity index (χ1n) is 7.01. The highest BCUT2D eigenvalue weighted by Gasteiger charge is 2.23. The molecule has 1 aliphatic rings. The molecule has 0 saturated heterocycles. The molecule has 1 N–H and O–H groups in total. The summed E-state index contributed by atoms with van der Waals surface area (Å²) in [6.45, 7) is -0.241. The first kappa shape index (κ1) is 15.8. The number of benzene rings is 1. The zero-order chi connectivity index (χ0) is 16.4. The summed E-state index contributed by atoms with van der Waals surface area (Å²) >= 11 is 7.10. The van der Waals surface area contributed by atoms with Gasteiger partial charge in [0.05, 0.1) is 10.6 Å². The molecule has 1 aromatic carbocycles. The van der Waals surface area contributed by atoms with Crippen molar-refractivity contribution in [3.05, 3.63) is 45.0 Å². The molecular weight excluding hydrogens is 339 g/mol. The molecule has 0 saturated carbocycles. The quantitative estimate of drug-likeness (QED) is 0.909. The van der Waals surface area contributed by atoms with E-state index < -0.39 is 5.82 Å². The highest BCUT2D eigenvalue weighted by molar-refractivity contribution is 7.16. The van der Waals surface area contributed by atoms with E-state index in [0.717, 1.165) is 24.8 Å². The molecule has 0 unspecified atom stereocenters. The van der Waals surface area contributed by atoms with Crippen LogP contribution in [0.2, 0.25) is 5.02 Å². The zero-order valence-electron chi connectivity index (χ0n) is 12.0. The molecule has 3 rings (SSSR count). The van der Waals surface area contributed by atoms with Gasteiger partial charge in [0.1, 0.15) is 22.6 Å². The first-order valence-corrected chi connectivity index (χ1v) is 8.20. The summed E-state index contributed by atoms with van der Waals surface area (Å²) in [6, 6.07) is 6.05. The Morgan fingerprint density at radius 2 is 2.30 bits per heavy atom. The lowest BCUT2D eigenvalue weighted by Gasteiger charge is -2.07. The van der Waals surface area contributed by atoms with Gasteiger partial charge in [0.25, 0.3) is 5.91 Å². The number of ether oxygens (including phenoxy) is 1. The molecule has 118 valence electrons. The van der Waals surface area contributed by atoms with Gasteiger partial charge in [-0.2, -0.15) is 5.26 Å². The molecule has 0 aliphatic heterocycles. The van der Waals surface area contributed by atoms with Gasteiger partial charge in [-0.25, -0.2) is 4.39 Å². The Morgan fingerprint density at radius 1 is 1.48 bits per heavy atom. The molecule has 1 amide bonds. The Hall–Kier alpha value is -2.10. The van der Waals surface area contributed by atoms with Crippen molar-refractivity contribution in [1.82, 2.24) is 0 Å². The fraction of sp³-hybridized carbons (Fsp3) is 0.250. The molecule has 1 aromatic heterocycles. The van der Waals surface area contributed by atoms with Crippen molar-refractivity contribution in [2.24, 2.45) is 0 Å². The molecular formula is C16H12ClFN2O2S. The summed E-state index contributed by atoms with van der Waals surface area (Å²) in [7, 11) is 0. The number of carbonyl (C=O) groups excluding carboxylic acids is 1. The molecule has 23 heavy (non-hydrogen) atoms. The van der Waals surface area contributed by atoms with Gasteiger partial charge in [0.2, 0.25) is 0 Å². The molecule has 4 nitrogen and oxygen atoms in total. The lowest BCUT2D eigenvalue weighted by molar-refractivity contribution is -0.118. The van der Waals surface area contributed by atoms with Crippen molar-refractivity contribution in [2.45, 2.75) is 19.3 Å². The molecule has 1 aliphatic carbocycles. The van der Waals surface area contributed by atoms with Crippen LogP contribution in [0.25, 0.3) is 0 Å². The SMILES string of the molecule is N#Cc1c(NC(=O)COc2ccc(F)c(Cl)c2)sc2c1CCC2. The smallest absolute Gasteiger partial charge is 0.262 e. The second-order valence-corrected chi connectivity index (χ2v) is 6.60. The summed E-state index contributed by atoms with van der Waals surface area (Å²) in [5.74, 6) is -0.613. The lowest BCUT2D eigenvalue weighted by Crippen LogP contribution is -2.20. The van der Waals surface area contributed by atoms with E-state index >= 15 is 0 Å². The van der Waals surface area contributed by atoms with Gasteiger partial charge in [-0.15, -0.1) is 11.3 Å². The maximum Gasteiger partial charge on any atom is 0.262 e. The predicted molar refractivity (Wildman–Crippen MR) is 86.6 cm³/mol. The van der Waals surface area contributed by atoms with E-state index in [2.05, 4.69) is 11.4 Å². The number of nitrogens with zero attached hydrogens (tertiary/aromatic N) is 1. The van der Waals surface area contributed by atoms with E-state index in [4.69, 9.17) is 16.3 Å². The minimum atomic E-state index is -0.546. The van der Waals surface area contributed by atoms with Gasteiger partial charge in [0, 0.05) is 10.9 Å². The minimum Gasteiger partial charge on any atom is -0.484 e. The summed E-state index contributed by atoms with van der Waals surface area (Å²) < 4.78 is 18.3. The minimum absolute atomic E-state index is 0.0654. The highest BCUT2D eigenvalue weighted by Crippen LogP contribution is 2.38. The molecule has 0 fully saturated rings. The maximum absolute atomic E-state index is 13.1. The molecule has 0 bridgehead atoms. The molecule has 0 atom stereocenters. The molecule has 7 heteroatoms. The third-order valence-corrected chi connectivity index (χ3v) is 5.04. The van der Waals surface area contributed by atoms with Crippen molar-refractivity contribution in [3.63, 3.8) is 0 Å². The van der Waals surface area contributed by atoms with E-state index in [1.54, 1.807) is 0 Å². The third-order valence-electron chi connectivity index (χ3n) is 3.55. The number of fused-ring (bicyclic) bond motifs is 1. The van der Waals surface area contributed by atoms with Crippen LogP contribution >= 0.6 is 22.9 Å². The molecule has 0 radical (unpaired) electrons. The van der Waals surface area contributed by atoms with Crippen LogP contribution in [-0.4, -0.2) is 12.5 Å². The van der Waals surface area contributed by atoms with Crippen LogP contribution in [0.15, 0.2) is 18.2 Å². The average Bonchev–Trinajstić information content (AvgIpc) is 3.09. The van der Waals surface area contributed by atoms with E-state index in [1.807, 2.05) is 0 Å². The lowest BCUT2D eigenvalue weighted by atomic mass is 10.1. The predicted octanol–water partition coefficient (Wildman–Crippen LogP) is 3.92. The van der Waals surface area contributed by atoms with E-state index in [9.17, 15) is 14.4 Å². The van der Waals surface area contributed by atoms with E-state index in [1.165, 1.54) is 34.4 Å². The molecule has 1 heterocycles. The van der Waals surface area contributed by atoms with Crippen LogP contribution in [0.4, 0.5) is 9.39 Å². The van der Waals surface area contributed by atoms with Crippen molar-refractivity contribution >= 4 is 33.8 Å². The average molecular weight is 351 g/mol. The first-order chi connectivity index (χ1) is 11.1. The van der Waals surface area contributed by atoms with Crippen molar-refractivity contribution < 1.29 is 13.9 Å². The number of hydrogen-bond donors (Lipinski definition) is 1. The third kappa shape index (κ3) is 3.31. The van der Waals surface area contributed by atoms with Crippen LogP contribution in [0.3, 0.4) is 0 Å². The van der Waals surface area contributed by atoms with Crippen LogP contribution in [0.5, 0.6) is 5.75 Å². The number of aryl methyl sites for hydroxylation is 1. The second kappa shape index (κ2) is 6.57. The zero-order valence-corrected chi connectivity index (χ0v) is 13.6. The van der Waals surface area contributed by atoms with E-state index in [-0.39, 0.29) is 17.5 Å². The number of rotatable bonds is 4. The largest absolute Gasteiger partial charge is 0.484 e. The normalized spacial score (nSPS) is 12.6. The summed E-state index contributed by atoms with van der Waals surface area (Å²) in [5.41, 5.74) is 1.61. The number of hydrogen-bond acceptors (Lipinski definition) is 4. The molecule has 0 spiro atoms. The van der Waals surface area contributed by atoms with Crippen molar-refractivity contribution in [1.29, 1.82) is 5.26 Å². The van der Waals surface area contributed by atoms with Crippen LogP contribution < -0.4 is 10.1 Å². The number of anilines is 1. The van der Waals surface area contributed by atoms with Crippen molar-refractivity contribution in [3.8, 4) is 11.8 Å². The van der Waals surface area contributed by atoms with Gasteiger partial charge in [-0.1, -0.05) is 11.6 Å². The highest BCUT2D eigenvalue weighted by atomic mass is 35.5. The van der Waals surface area contributed by atoms with Crippen LogP contribution in [0, 0.1) is 17.1 Å². The Labute approximate surface area is 141 Å². The number of carbonyl (C=O) groups is 1. The number of amides is 1. The number of halogens is 2. The van der Waals surface area contributed by atoms with Gasteiger partial charge >= 0.3 is 0 Å². The van der Waals surface area contributed by atoms with Gasteiger partial charge in [0.15, 0.2) is 6.61 Å². The summed E-state index contributed by atoms with van der Waals surface area (Å²) in [5, 5.41) is 12.5. The van der Waals surface area contributed by atoms with Gasteiger partial charge in [-0.3, -0.25) is 4.79 Å². The fourth-order valence-electron chi connectivity index (χ4n) is 2.49. The number of nitrogens with one attached hydrogen (secondary N) is 1. The Kier molecular flexibility index (Phi) is 4.51. The summed E-state index contributed by atoms with van der Waals surface area (Å²) in [4.78, 5) is 13.2. The number of nitriles is 1. The van der Waals surface area contributed by atoms with Crippen molar-refractivity contribution in [2.75, 3.05) is 11.9 Å². The topological polar surface area (TPSA) is 62.1 Å². The Bertz CT molecular complexity index is 813.